The van der Waals surface area contributed by atoms with Crippen LogP contribution in [-0.4, -0.2) is 28.1 Å². The maximum Gasteiger partial charge on any atom is 0.413 e. The standard InChI is InChI=1S/C18H25N3O3/c1-14-12-16(19-17(22)24-18(2,3)4)21(20-14)10-11-23-13-15-8-6-5-7-9-15/h5-9,12H,10-11,13H2,1-4H3,(H,19,22). The predicted octanol–water partition coefficient (Wildman–Crippen LogP) is 3.76. The lowest BCUT2D eigenvalue weighted by Gasteiger charge is -2.19. The van der Waals surface area contributed by atoms with E-state index in [1.807, 2.05) is 58.0 Å². The molecule has 0 aliphatic heterocycles. The average molecular weight is 331 g/mol. The number of carbonyl (C=O) groups is 1. The highest BCUT2D eigenvalue weighted by Gasteiger charge is 2.17. The van der Waals surface area contributed by atoms with Gasteiger partial charge in [0.25, 0.3) is 0 Å². The topological polar surface area (TPSA) is 65.4 Å². The van der Waals surface area contributed by atoms with Crippen LogP contribution in [0.3, 0.4) is 0 Å². The minimum Gasteiger partial charge on any atom is -0.444 e. The van der Waals surface area contributed by atoms with Crippen molar-refractivity contribution in [3.8, 4) is 0 Å². The van der Waals surface area contributed by atoms with Crippen LogP contribution in [0.1, 0.15) is 32.0 Å². The van der Waals surface area contributed by atoms with Gasteiger partial charge < -0.3 is 9.47 Å². The molecule has 0 fully saturated rings. The summed E-state index contributed by atoms with van der Waals surface area (Å²) in [5.74, 6) is 0.602. The molecule has 1 N–H and O–H groups in total. The van der Waals surface area contributed by atoms with Gasteiger partial charge in [-0.3, -0.25) is 5.32 Å². The summed E-state index contributed by atoms with van der Waals surface area (Å²) in [6, 6.07) is 11.8. The normalized spacial score (nSPS) is 11.3. The molecule has 0 bridgehead atoms. The van der Waals surface area contributed by atoms with E-state index in [9.17, 15) is 4.79 Å². The van der Waals surface area contributed by atoms with Gasteiger partial charge in [0.05, 0.1) is 25.5 Å². The predicted molar refractivity (Wildman–Crippen MR) is 92.9 cm³/mol. The second-order valence-corrected chi connectivity index (χ2v) is 6.56. The first-order valence-electron chi connectivity index (χ1n) is 7.99. The molecule has 0 saturated heterocycles. The van der Waals surface area contributed by atoms with Gasteiger partial charge in [-0.1, -0.05) is 30.3 Å². The summed E-state index contributed by atoms with van der Waals surface area (Å²) in [5.41, 5.74) is 1.41. The minimum atomic E-state index is -0.539. The molecule has 2 rings (SSSR count). The van der Waals surface area contributed by atoms with Crippen molar-refractivity contribution in [1.82, 2.24) is 9.78 Å². The summed E-state index contributed by atoms with van der Waals surface area (Å²) in [5, 5.41) is 7.10. The van der Waals surface area contributed by atoms with Crippen LogP contribution < -0.4 is 5.32 Å². The van der Waals surface area contributed by atoms with Gasteiger partial charge in [0, 0.05) is 6.07 Å². The highest BCUT2D eigenvalue weighted by Crippen LogP contribution is 2.13. The first-order chi connectivity index (χ1) is 11.3. The van der Waals surface area contributed by atoms with Crippen molar-refractivity contribution < 1.29 is 14.3 Å². The molecule has 0 saturated carbocycles. The number of ether oxygens (including phenoxy) is 2. The summed E-state index contributed by atoms with van der Waals surface area (Å²) in [6.45, 7) is 8.95. The molecule has 1 aromatic heterocycles. The molecule has 0 radical (unpaired) electrons. The maximum absolute atomic E-state index is 11.9. The fraction of sp³-hybridized carbons (Fsp3) is 0.444. The van der Waals surface area contributed by atoms with Crippen LogP contribution in [0.5, 0.6) is 0 Å². The van der Waals surface area contributed by atoms with Crippen LogP contribution in [0.25, 0.3) is 0 Å². The molecular weight excluding hydrogens is 306 g/mol. The maximum atomic E-state index is 11.9. The van der Waals surface area contributed by atoms with Gasteiger partial charge in [-0.25, -0.2) is 9.48 Å². The number of rotatable bonds is 6. The van der Waals surface area contributed by atoms with Crippen molar-refractivity contribution in [2.75, 3.05) is 11.9 Å². The Kier molecular flexibility index (Phi) is 5.98. The van der Waals surface area contributed by atoms with E-state index in [1.165, 1.54) is 0 Å². The van der Waals surface area contributed by atoms with E-state index in [4.69, 9.17) is 9.47 Å². The second kappa shape index (κ2) is 7.97. The van der Waals surface area contributed by atoms with E-state index in [0.29, 0.717) is 25.6 Å². The number of hydrogen-bond donors (Lipinski definition) is 1. The van der Waals surface area contributed by atoms with Crippen molar-refractivity contribution in [2.45, 2.75) is 46.4 Å². The molecule has 0 aliphatic rings. The Labute approximate surface area is 142 Å². The molecule has 130 valence electrons. The van der Waals surface area contributed by atoms with Crippen LogP contribution in [0.2, 0.25) is 0 Å². The number of benzene rings is 1. The number of nitrogens with one attached hydrogen (secondary N) is 1. The highest BCUT2D eigenvalue weighted by atomic mass is 16.6. The van der Waals surface area contributed by atoms with Crippen molar-refractivity contribution in [2.24, 2.45) is 0 Å². The van der Waals surface area contributed by atoms with Gasteiger partial charge in [0.1, 0.15) is 11.4 Å². The van der Waals surface area contributed by atoms with Crippen molar-refractivity contribution in [3.63, 3.8) is 0 Å². The largest absolute Gasteiger partial charge is 0.444 e. The molecule has 1 aromatic carbocycles. The Morgan fingerprint density at radius 2 is 1.96 bits per heavy atom. The van der Waals surface area contributed by atoms with Crippen LogP contribution in [-0.2, 0) is 22.6 Å². The van der Waals surface area contributed by atoms with Gasteiger partial charge in [-0.15, -0.1) is 0 Å². The second-order valence-electron chi connectivity index (χ2n) is 6.56. The lowest BCUT2D eigenvalue weighted by molar-refractivity contribution is 0.0633. The third-order valence-corrected chi connectivity index (χ3v) is 3.09. The summed E-state index contributed by atoms with van der Waals surface area (Å²) < 4.78 is 12.6. The number of aromatic nitrogens is 2. The third kappa shape index (κ3) is 6.04. The molecule has 1 heterocycles. The van der Waals surface area contributed by atoms with Crippen molar-refractivity contribution in [1.29, 1.82) is 0 Å². The fourth-order valence-corrected chi connectivity index (χ4v) is 2.14. The zero-order valence-electron chi connectivity index (χ0n) is 14.7. The number of anilines is 1. The quantitative estimate of drug-likeness (QED) is 0.819. The molecule has 24 heavy (non-hydrogen) atoms. The molecule has 6 nitrogen and oxygen atoms in total. The van der Waals surface area contributed by atoms with Crippen LogP contribution in [0.15, 0.2) is 36.4 Å². The van der Waals surface area contributed by atoms with Gasteiger partial charge in [-0.2, -0.15) is 5.10 Å². The molecule has 0 spiro atoms. The third-order valence-electron chi connectivity index (χ3n) is 3.09. The van der Waals surface area contributed by atoms with E-state index in [2.05, 4.69) is 10.4 Å². The highest BCUT2D eigenvalue weighted by molar-refractivity contribution is 5.83. The Bertz CT molecular complexity index is 660. The lowest BCUT2D eigenvalue weighted by atomic mass is 10.2. The first kappa shape index (κ1) is 18.0. The number of carbonyl (C=O) groups excluding carboxylic acids is 1. The molecule has 0 unspecified atom stereocenters. The monoisotopic (exact) mass is 331 g/mol. The summed E-state index contributed by atoms with van der Waals surface area (Å²) in [7, 11) is 0. The molecule has 1 amide bonds. The zero-order valence-corrected chi connectivity index (χ0v) is 14.7. The number of amides is 1. The van der Waals surface area contributed by atoms with E-state index < -0.39 is 11.7 Å². The number of hydrogen-bond acceptors (Lipinski definition) is 4. The van der Waals surface area contributed by atoms with Gasteiger partial charge in [0.15, 0.2) is 0 Å². The SMILES string of the molecule is Cc1cc(NC(=O)OC(C)(C)C)n(CCOCc2ccccc2)n1. The molecule has 0 atom stereocenters. The smallest absolute Gasteiger partial charge is 0.413 e. The zero-order chi connectivity index (χ0) is 17.6. The fourth-order valence-electron chi connectivity index (χ4n) is 2.14. The minimum absolute atomic E-state index is 0.492. The molecule has 6 heteroatoms. The summed E-state index contributed by atoms with van der Waals surface area (Å²) in [4.78, 5) is 11.9. The molecular formula is C18H25N3O3. The number of aryl methyl sites for hydroxylation is 1. The molecule has 0 aliphatic carbocycles. The van der Waals surface area contributed by atoms with Crippen molar-refractivity contribution >= 4 is 11.9 Å². The summed E-state index contributed by atoms with van der Waals surface area (Å²) >= 11 is 0. The average Bonchev–Trinajstić information content (AvgIpc) is 2.82. The Morgan fingerprint density at radius 3 is 2.62 bits per heavy atom. The Balaban J connectivity index is 1.85. The van der Waals surface area contributed by atoms with Gasteiger partial charge in [-0.05, 0) is 33.3 Å². The van der Waals surface area contributed by atoms with Crippen LogP contribution in [0.4, 0.5) is 10.6 Å². The Hall–Kier alpha value is -2.34. The lowest BCUT2D eigenvalue weighted by Crippen LogP contribution is -2.28. The Morgan fingerprint density at radius 1 is 1.25 bits per heavy atom. The van der Waals surface area contributed by atoms with Gasteiger partial charge >= 0.3 is 6.09 Å². The number of nitrogens with zero attached hydrogens (tertiary/aromatic N) is 2. The van der Waals surface area contributed by atoms with E-state index in [-0.39, 0.29) is 0 Å². The van der Waals surface area contributed by atoms with E-state index in [1.54, 1.807) is 10.7 Å². The van der Waals surface area contributed by atoms with E-state index in [0.717, 1.165) is 11.3 Å². The van der Waals surface area contributed by atoms with Crippen molar-refractivity contribution in [3.05, 3.63) is 47.7 Å². The summed E-state index contributed by atoms with van der Waals surface area (Å²) in [6.07, 6.45) is -0.492. The molecule has 2 aromatic rings. The van der Waals surface area contributed by atoms with Crippen LogP contribution in [0, 0.1) is 6.92 Å². The van der Waals surface area contributed by atoms with Gasteiger partial charge in [0.2, 0.25) is 0 Å². The van der Waals surface area contributed by atoms with E-state index >= 15 is 0 Å². The first-order valence-corrected chi connectivity index (χ1v) is 7.99. The van der Waals surface area contributed by atoms with Crippen LogP contribution >= 0.6 is 0 Å².